The first-order valence-electron chi connectivity index (χ1n) is 11.0. The first-order chi connectivity index (χ1) is 16.3. The van der Waals surface area contributed by atoms with E-state index in [1.54, 1.807) is 60.7 Å². The van der Waals surface area contributed by atoms with Crippen LogP contribution in [0.5, 0.6) is 0 Å². The maximum atomic E-state index is 13.7. The third-order valence-corrected chi connectivity index (χ3v) is 6.17. The number of rotatable bonds is 5. The molecule has 3 aromatic rings. The lowest BCUT2D eigenvalue weighted by Gasteiger charge is -2.44. The Bertz CT molecular complexity index is 1180. The molecule has 0 aliphatic heterocycles. The molecule has 0 unspecified atom stereocenters. The Morgan fingerprint density at radius 1 is 0.853 bits per heavy atom. The minimum absolute atomic E-state index is 0.371. The van der Waals surface area contributed by atoms with Gasteiger partial charge in [0.15, 0.2) is 0 Å². The number of benzene rings is 3. The van der Waals surface area contributed by atoms with Crippen LogP contribution in [0.4, 0.5) is 15.8 Å². The van der Waals surface area contributed by atoms with Gasteiger partial charge in [-0.2, -0.15) is 0 Å². The number of halogens is 1. The first-order valence-corrected chi connectivity index (χ1v) is 11.0. The van der Waals surface area contributed by atoms with Crippen LogP contribution in [-0.2, 0) is 14.4 Å². The molecule has 174 valence electrons. The van der Waals surface area contributed by atoms with Crippen LogP contribution in [0.15, 0.2) is 84.9 Å². The molecule has 7 heteroatoms. The van der Waals surface area contributed by atoms with Crippen molar-refractivity contribution in [2.24, 2.45) is 11.8 Å². The lowest BCUT2D eigenvalue weighted by molar-refractivity contribution is -0.150. The van der Waals surface area contributed by atoms with Gasteiger partial charge in [-0.25, -0.2) is 4.39 Å². The lowest BCUT2D eigenvalue weighted by atomic mass is 9.61. The molecule has 1 aliphatic carbocycles. The molecular weight excluding hydrogens is 435 g/mol. The van der Waals surface area contributed by atoms with Gasteiger partial charge in [0.25, 0.3) is 0 Å². The molecule has 0 bridgehead atoms. The summed E-state index contributed by atoms with van der Waals surface area (Å²) in [5.41, 5.74) is -0.293. The van der Waals surface area contributed by atoms with Crippen molar-refractivity contribution in [3.8, 4) is 0 Å². The Morgan fingerprint density at radius 2 is 1.35 bits per heavy atom. The number of Topliss-reactive ketones (excluding diaryl/α,β-unsaturated/α-hetero) is 1. The molecular formula is C27H25FN2O4. The smallest absolute Gasteiger partial charge is 0.235 e. The van der Waals surface area contributed by atoms with Crippen LogP contribution in [0.25, 0.3) is 0 Å². The standard InChI is InChI=1S/C27H25FN2O4/c1-27(34)16-21(31)23(25(32)29-19-8-4-2-5-9-19)22(17-12-14-18(28)15-13-17)24(27)26(33)30-20-10-6-3-7-11-20/h2-15,22-24,34H,16H2,1H3,(H,29,32)(H,30,33)/t22-,23-,24-,27-/m0/s1. The average molecular weight is 461 g/mol. The van der Waals surface area contributed by atoms with Crippen LogP contribution in [0.1, 0.15) is 24.8 Å². The predicted octanol–water partition coefficient (Wildman–Crippen LogP) is 4.14. The summed E-state index contributed by atoms with van der Waals surface area (Å²) in [5.74, 6) is -5.51. The van der Waals surface area contributed by atoms with E-state index >= 15 is 0 Å². The summed E-state index contributed by atoms with van der Waals surface area (Å²) in [7, 11) is 0. The second-order valence-corrected chi connectivity index (χ2v) is 8.74. The Kier molecular flexibility index (Phi) is 6.56. The molecule has 1 fully saturated rings. The van der Waals surface area contributed by atoms with Crippen LogP contribution >= 0.6 is 0 Å². The molecule has 1 aliphatic rings. The van der Waals surface area contributed by atoms with E-state index in [0.29, 0.717) is 16.9 Å². The highest BCUT2D eigenvalue weighted by Crippen LogP contribution is 2.46. The second kappa shape index (κ2) is 9.57. The predicted molar refractivity (Wildman–Crippen MR) is 127 cm³/mol. The molecule has 3 aromatic carbocycles. The van der Waals surface area contributed by atoms with Crippen LogP contribution in [0, 0.1) is 17.7 Å². The highest BCUT2D eigenvalue weighted by Gasteiger charge is 2.55. The quantitative estimate of drug-likeness (QED) is 0.499. The zero-order valence-electron chi connectivity index (χ0n) is 18.6. The van der Waals surface area contributed by atoms with Crippen LogP contribution in [-0.4, -0.2) is 28.3 Å². The summed E-state index contributed by atoms with van der Waals surface area (Å²) in [4.78, 5) is 40.0. The fraction of sp³-hybridized carbons (Fsp3) is 0.222. The molecule has 0 heterocycles. The molecule has 0 spiro atoms. The molecule has 0 aromatic heterocycles. The Hall–Kier alpha value is -3.84. The molecule has 0 saturated heterocycles. The van der Waals surface area contributed by atoms with Crippen molar-refractivity contribution in [1.29, 1.82) is 0 Å². The molecule has 4 rings (SSSR count). The van der Waals surface area contributed by atoms with E-state index in [1.165, 1.54) is 31.2 Å². The molecule has 3 N–H and O–H groups in total. The maximum Gasteiger partial charge on any atom is 0.235 e. The number of aliphatic hydroxyl groups is 1. The number of hydrogen-bond acceptors (Lipinski definition) is 4. The summed E-state index contributed by atoms with van der Waals surface area (Å²) < 4.78 is 13.7. The normalized spacial score (nSPS) is 24.3. The number of ketones is 1. The first kappa shape index (κ1) is 23.3. The summed E-state index contributed by atoms with van der Waals surface area (Å²) >= 11 is 0. The Morgan fingerprint density at radius 3 is 1.88 bits per heavy atom. The molecule has 0 radical (unpaired) electrons. The maximum absolute atomic E-state index is 13.7. The lowest BCUT2D eigenvalue weighted by Crippen LogP contribution is -2.56. The van der Waals surface area contributed by atoms with Gasteiger partial charge in [0, 0.05) is 23.7 Å². The van der Waals surface area contributed by atoms with E-state index in [1.807, 2.05) is 0 Å². The number of para-hydroxylation sites is 2. The van der Waals surface area contributed by atoms with E-state index in [9.17, 15) is 23.9 Å². The van der Waals surface area contributed by atoms with Gasteiger partial charge in [0.1, 0.15) is 17.5 Å². The van der Waals surface area contributed by atoms with E-state index in [0.717, 1.165) is 0 Å². The third-order valence-electron chi connectivity index (χ3n) is 6.17. The molecule has 4 atom stereocenters. The van der Waals surface area contributed by atoms with E-state index < -0.39 is 46.8 Å². The minimum atomic E-state index is -1.72. The van der Waals surface area contributed by atoms with Gasteiger partial charge in [-0.15, -0.1) is 0 Å². The SMILES string of the molecule is C[C@]1(O)CC(=O)[C@H](C(=O)Nc2ccccc2)[C@H](c2ccc(F)cc2)[C@H]1C(=O)Nc1ccccc1. The summed E-state index contributed by atoms with van der Waals surface area (Å²) in [6.45, 7) is 1.42. The fourth-order valence-corrected chi connectivity index (χ4v) is 4.66. The van der Waals surface area contributed by atoms with Crippen molar-refractivity contribution in [1.82, 2.24) is 0 Å². The van der Waals surface area contributed by atoms with Gasteiger partial charge in [0.2, 0.25) is 11.8 Å². The van der Waals surface area contributed by atoms with Crippen molar-refractivity contribution >= 4 is 29.0 Å². The van der Waals surface area contributed by atoms with Gasteiger partial charge in [-0.1, -0.05) is 48.5 Å². The van der Waals surface area contributed by atoms with Crippen molar-refractivity contribution < 1.29 is 23.9 Å². The largest absolute Gasteiger partial charge is 0.389 e. The Labute approximate surface area is 196 Å². The molecule has 6 nitrogen and oxygen atoms in total. The summed E-state index contributed by atoms with van der Waals surface area (Å²) in [5, 5.41) is 16.8. The van der Waals surface area contributed by atoms with Gasteiger partial charge in [0.05, 0.1) is 11.5 Å². The second-order valence-electron chi connectivity index (χ2n) is 8.74. The topological polar surface area (TPSA) is 95.5 Å². The van der Waals surface area contributed by atoms with E-state index in [-0.39, 0.29) is 6.42 Å². The minimum Gasteiger partial charge on any atom is -0.389 e. The number of amides is 2. The number of anilines is 2. The summed E-state index contributed by atoms with van der Waals surface area (Å²) in [6.07, 6.45) is -0.371. The third kappa shape index (κ3) is 4.89. The number of carbonyl (C=O) groups excluding carboxylic acids is 3. The van der Waals surface area contributed by atoms with Crippen molar-refractivity contribution in [3.05, 3.63) is 96.3 Å². The number of carbonyl (C=O) groups is 3. The number of hydrogen-bond donors (Lipinski definition) is 3. The monoisotopic (exact) mass is 460 g/mol. The van der Waals surface area contributed by atoms with Gasteiger partial charge in [-0.05, 0) is 48.9 Å². The van der Waals surface area contributed by atoms with Gasteiger partial charge >= 0.3 is 0 Å². The van der Waals surface area contributed by atoms with Crippen LogP contribution < -0.4 is 10.6 Å². The van der Waals surface area contributed by atoms with Crippen LogP contribution in [0.2, 0.25) is 0 Å². The van der Waals surface area contributed by atoms with E-state index in [2.05, 4.69) is 10.6 Å². The van der Waals surface area contributed by atoms with Crippen molar-refractivity contribution in [2.75, 3.05) is 10.6 Å². The summed E-state index contributed by atoms with van der Waals surface area (Å²) in [6, 6.07) is 22.7. The zero-order chi connectivity index (χ0) is 24.3. The Balaban J connectivity index is 1.76. The van der Waals surface area contributed by atoms with E-state index in [4.69, 9.17) is 0 Å². The highest BCUT2D eigenvalue weighted by atomic mass is 19.1. The molecule has 1 saturated carbocycles. The van der Waals surface area contributed by atoms with Crippen LogP contribution in [0.3, 0.4) is 0 Å². The average Bonchev–Trinajstić information content (AvgIpc) is 2.79. The van der Waals surface area contributed by atoms with Crippen molar-refractivity contribution in [3.63, 3.8) is 0 Å². The fourth-order valence-electron chi connectivity index (χ4n) is 4.66. The molecule has 34 heavy (non-hydrogen) atoms. The highest BCUT2D eigenvalue weighted by molar-refractivity contribution is 6.10. The zero-order valence-corrected chi connectivity index (χ0v) is 18.6. The number of nitrogens with one attached hydrogen (secondary N) is 2. The molecule has 2 amide bonds. The van der Waals surface area contributed by atoms with Gasteiger partial charge in [-0.3, -0.25) is 14.4 Å². The van der Waals surface area contributed by atoms with Gasteiger partial charge < -0.3 is 15.7 Å². The van der Waals surface area contributed by atoms with Crippen molar-refractivity contribution in [2.45, 2.75) is 24.9 Å².